The Bertz CT molecular complexity index is 3950. The number of hydrogen-bond acceptors (Lipinski definition) is 3. The zero-order valence-electron chi connectivity index (χ0n) is 38.5. The van der Waals surface area contributed by atoms with E-state index in [9.17, 15) is 0 Å². The maximum Gasteiger partial charge on any atom is 0.333 e. The van der Waals surface area contributed by atoms with Gasteiger partial charge in [0.05, 0.1) is 11.0 Å². The van der Waals surface area contributed by atoms with E-state index >= 15 is 0 Å². The second-order valence-electron chi connectivity index (χ2n) is 21.8. The van der Waals surface area contributed by atoms with Gasteiger partial charge in [-0.2, -0.15) is 0 Å². The number of para-hydroxylation sites is 2. The molecule has 0 N–H and O–H groups in total. The Balaban J connectivity index is 1.16. The van der Waals surface area contributed by atoms with Crippen LogP contribution in [0.3, 0.4) is 0 Å². The zero-order chi connectivity index (χ0) is 44.2. The summed E-state index contributed by atoms with van der Waals surface area (Å²) in [6.07, 6.45) is 0. The molecule has 0 saturated heterocycles. The van der Waals surface area contributed by atoms with Gasteiger partial charge in [-0.1, -0.05) is 134 Å². The molecule has 4 nitrogen and oxygen atoms in total. The molecule has 0 spiro atoms. The molecule has 65 heavy (non-hydrogen) atoms. The molecular weight excluding hydrogens is 791 g/mol. The van der Waals surface area contributed by atoms with Crippen molar-refractivity contribution in [3.63, 3.8) is 0 Å². The summed E-state index contributed by atoms with van der Waals surface area (Å²) in [6, 6.07) is 50.7. The average molecular weight is 841 g/mol. The van der Waals surface area contributed by atoms with Crippen LogP contribution in [0, 0.1) is 6.92 Å². The minimum atomic E-state index is -0.172. The van der Waals surface area contributed by atoms with Crippen LogP contribution < -0.4 is 15.7 Å². The standard InChI is InChI=1S/C60H49BN2O2/c1-32-24-43-40-26-46-39(38-25-34(59(5,6)7)20-23-45(38)60(46,8)9)28-49(40)63(35-21-18-33(19-22-35)58(2,3)4)61-47-27-41-36-14-10-12-16-51(36)65-54(41)31-50(47)62-48-29-42-37-15-11-13-17-52(37)64-53(42)30-44(48)55(32)57(62)56(43)61/h10-31H,1-9H3. The fourth-order valence-electron chi connectivity index (χ4n) is 12.2. The molecule has 0 fully saturated rings. The van der Waals surface area contributed by atoms with Crippen molar-refractivity contribution in [2.45, 2.75) is 78.6 Å². The quantitative estimate of drug-likeness (QED) is 0.154. The number of anilines is 2. The van der Waals surface area contributed by atoms with Gasteiger partial charge in [0.2, 0.25) is 0 Å². The highest BCUT2D eigenvalue weighted by molar-refractivity contribution is 6.94. The number of aryl methyl sites for hydroxylation is 1. The Kier molecular flexibility index (Phi) is 6.92. The van der Waals surface area contributed by atoms with Crippen molar-refractivity contribution in [3.05, 3.63) is 161 Å². The van der Waals surface area contributed by atoms with Crippen molar-refractivity contribution in [2.24, 2.45) is 0 Å². The van der Waals surface area contributed by atoms with Gasteiger partial charge in [0.1, 0.15) is 22.3 Å². The molecule has 0 saturated carbocycles. The number of hydrogen-bond donors (Lipinski definition) is 0. The molecule has 5 heterocycles. The summed E-state index contributed by atoms with van der Waals surface area (Å²) in [6.45, 7) is 20.9. The second-order valence-corrected chi connectivity index (χ2v) is 21.8. The third-order valence-corrected chi connectivity index (χ3v) is 15.6. The van der Waals surface area contributed by atoms with Crippen LogP contribution in [-0.4, -0.2) is 11.4 Å². The van der Waals surface area contributed by atoms with Gasteiger partial charge in [0.15, 0.2) is 0 Å². The molecular formula is C60H49BN2O2. The normalized spacial score (nSPS) is 14.9. The lowest BCUT2D eigenvalue weighted by molar-refractivity contribution is 0.589. The van der Waals surface area contributed by atoms with Crippen LogP contribution in [0.2, 0.25) is 0 Å². The van der Waals surface area contributed by atoms with E-state index in [-0.39, 0.29) is 23.1 Å². The number of rotatable bonds is 1. The first-order chi connectivity index (χ1) is 31.1. The predicted octanol–water partition coefficient (Wildman–Crippen LogP) is 15.0. The summed E-state index contributed by atoms with van der Waals surface area (Å²) in [5.74, 6) is 0. The SMILES string of the molecule is Cc1cc2c3c4c1c1cc5oc6ccccc6c5cc1n4-c1cc4oc5ccccc5c4cc1B3N(c1ccc(C(C)(C)C)cc1)c1cc3c(cc1-2)C(C)(C)c1ccc(C(C)(C)C)cc1-3. The van der Waals surface area contributed by atoms with Crippen LogP contribution in [-0.2, 0) is 16.2 Å². The van der Waals surface area contributed by atoms with Crippen LogP contribution in [0.5, 0.6) is 0 Å². The van der Waals surface area contributed by atoms with E-state index < -0.39 is 0 Å². The topological polar surface area (TPSA) is 34.5 Å². The molecule has 0 amide bonds. The minimum absolute atomic E-state index is 0.0202. The fraction of sp³-hybridized carbons (Fsp3) is 0.200. The molecule has 0 bridgehead atoms. The highest BCUT2D eigenvalue weighted by atomic mass is 16.3. The van der Waals surface area contributed by atoms with Gasteiger partial charge in [0, 0.05) is 66.4 Å². The molecule has 11 aromatic rings. The summed E-state index contributed by atoms with van der Waals surface area (Å²) in [5.41, 5.74) is 24.1. The number of furan rings is 2. The fourth-order valence-corrected chi connectivity index (χ4v) is 12.2. The first-order valence-electron chi connectivity index (χ1n) is 23.3. The van der Waals surface area contributed by atoms with E-state index in [0.29, 0.717) is 0 Å². The van der Waals surface area contributed by atoms with Crippen molar-refractivity contribution in [3.8, 4) is 27.9 Å². The van der Waals surface area contributed by atoms with Crippen molar-refractivity contribution in [1.82, 2.24) is 4.57 Å². The van der Waals surface area contributed by atoms with Crippen molar-refractivity contribution < 1.29 is 8.83 Å². The number of fused-ring (bicyclic) bond motifs is 17. The van der Waals surface area contributed by atoms with E-state index in [1.165, 1.54) is 94.2 Å². The Hall–Kier alpha value is -6.98. The van der Waals surface area contributed by atoms with E-state index in [4.69, 9.17) is 8.83 Å². The number of nitrogens with zero attached hydrogens (tertiary/aromatic N) is 2. The lowest BCUT2D eigenvalue weighted by Crippen LogP contribution is -2.60. The lowest BCUT2D eigenvalue weighted by Gasteiger charge is -2.43. The molecule has 8 aromatic carbocycles. The first-order valence-corrected chi connectivity index (χ1v) is 23.3. The average Bonchev–Trinajstić information content (AvgIpc) is 4.00. The Morgan fingerprint density at radius 1 is 0.508 bits per heavy atom. The summed E-state index contributed by atoms with van der Waals surface area (Å²) >= 11 is 0. The maximum atomic E-state index is 6.74. The smallest absolute Gasteiger partial charge is 0.333 e. The summed E-state index contributed by atoms with van der Waals surface area (Å²) in [4.78, 5) is 2.69. The molecule has 3 aliphatic rings. The van der Waals surface area contributed by atoms with E-state index in [0.717, 1.165) is 49.6 Å². The summed E-state index contributed by atoms with van der Waals surface area (Å²) in [5, 5.41) is 7.02. The van der Waals surface area contributed by atoms with Crippen LogP contribution in [0.25, 0.3) is 93.6 Å². The number of aromatic nitrogens is 1. The van der Waals surface area contributed by atoms with Gasteiger partial charge < -0.3 is 18.2 Å². The summed E-state index contributed by atoms with van der Waals surface area (Å²) < 4.78 is 15.9. The largest absolute Gasteiger partial charge is 0.456 e. The second kappa shape index (κ2) is 12.0. The van der Waals surface area contributed by atoms with Crippen molar-refractivity contribution in [2.75, 3.05) is 4.81 Å². The molecule has 0 atom stereocenters. The van der Waals surface area contributed by atoms with E-state index in [1.54, 1.807) is 0 Å². The van der Waals surface area contributed by atoms with Gasteiger partial charge in [-0.05, 0) is 122 Å². The first kappa shape index (κ1) is 37.4. The third kappa shape index (κ3) is 4.78. The predicted molar refractivity (Wildman–Crippen MR) is 274 cm³/mol. The van der Waals surface area contributed by atoms with Gasteiger partial charge in [0.25, 0.3) is 0 Å². The monoisotopic (exact) mass is 840 g/mol. The van der Waals surface area contributed by atoms with Crippen molar-refractivity contribution >= 4 is 94.8 Å². The molecule has 14 rings (SSSR count). The van der Waals surface area contributed by atoms with Crippen LogP contribution in [0.15, 0.2) is 142 Å². The van der Waals surface area contributed by atoms with E-state index in [2.05, 4.69) is 205 Å². The molecule has 0 unspecified atom stereocenters. The molecule has 314 valence electrons. The number of benzene rings is 8. The maximum absolute atomic E-state index is 6.74. The Morgan fingerprint density at radius 2 is 1.14 bits per heavy atom. The van der Waals surface area contributed by atoms with Gasteiger partial charge in [-0.25, -0.2) is 0 Å². The minimum Gasteiger partial charge on any atom is -0.456 e. The summed E-state index contributed by atoms with van der Waals surface area (Å²) in [7, 11) is 0. The lowest BCUT2D eigenvalue weighted by atomic mass is 9.43. The highest BCUT2D eigenvalue weighted by Gasteiger charge is 2.47. The highest BCUT2D eigenvalue weighted by Crippen LogP contribution is 2.55. The Morgan fingerprint density at radius 3 is 1.83 bits per heavy atom. The zero-order valence-corrected chi connectivity index (χ0v) is 38.5. The molecule has 3 aromatic heterocycles. The van der Waals surface area contributed by atoms with Crippen LogP contribution in [0.1, 0.15) is 83.2 Å². The van der Waals surface area contributed by atoms with Gasteiger partial charge in [-0.3, -0.25) is 0 Å². The van der Waals surface area contributed by atoms with Gasteiger partial charge in [-0.15, -0.1) is 0 Å². The molecule has 5 heteroatoms. The molecule has 1 aliphatic carbocycles. The van der Waals surface area contributed by atoms with E-state index in [1.807, 2.05) is 0 Å². The molecule has 2 aliphatic heterocycles. The Labute approximate surface area is 379 Å². The third-order valence-electron chi connectivity index (χ3n) is 15.6. The van der Waals surface area contributed by atoms with Crippen LogP contribution in [0.4, 0.5) is 11.4 Å². The molecule has 0 radical (unpaired) electrons. The van der Waals surface area contributed by atoms with Crippen molar-refractivity contribution in [1.29, 1.82) is 0 Å². The van der Waals surface area contributed by atoms with Gasteiger partial charge >= 0.3 is 6.85 Å². The van der Waals surface area contributed by atoms with Crippen LogP contribution >= 0.6 is 0 Å².